The highest BCUT2D eigenvalue weighted by atomic mass is 32.1. The maximum Gasteiger partial charge on any atom is 0.00452 e. The first-order valence-electron chi connectivity index (χ1n) is 5.07. The Balaban J connectivity index is 1.96. The molecule has 1 heterocycles. The molecule has 0 amide bonds. The largest absolute Gasteiger partial charge is 0.328 e. The predicted molar refractivity (Wildman–Crippen MR) is 60.1 cm³/mol. The van der Waals surface area contributed by atoms with Gasteiger partial charge in [-0.15, -0.1) is 11.3 Å². The first-order chi connectivity index (χ1) is 6.29. The fourth-order valence-corrected chi connectivity index (χ4v) is 2.15. The summed E-state index contributed by atoms with van der Waals surface area (Å²) < 4.78 is 0. The Morgan fingerprint density at radius 1 is 1.38 bits per heavy atom. The summed E-state index contributed by atoms with van der Waals surface area (Å²) >= 11 is 1.86. The van der Waals surface area contributed by atoms with Crippen LogP contribution in [0.1, 0.15) is 37.5 Å². The minimum absolute atomic E-state index is 0.377. The molecule has 2 N–H and O–H groups in total. The number of unbranched alkanes of at least 4 members (excludes halogenated alkanes) is 2. The Bertz CT molecular complexity index is 204. The lowest BCUT2D eigenvalue weighted by Gasteiger charge is -2.03. The zero-order valence-electron chi connectivity index (χ0n) is 8.33. The fraction of sp³-hybridized carbons (Fsp3) is 0.636. The zero-order chi connectivity index (χ0) is 9.52. The summed E-state index contributed by atoms with van der Waals surface area (Å²) in [6.45, 7) is 2.08. The topological polar surface area (TPSA) is 26.0 Å². The lowest BCUT2D eigenvalue weighted by atomic mass is 10.1. The van der Waals surface area contributed by atoms with E-state index in [2.05, 4.69) is 24.4 Å². The molecule has 0 aliphatic carbocycles. The van der Waals surface area contributed by atoms with Crippen LogP contribution in [0.15, 0.2) is 17.5 Å². The third kappa shape index (κ3) is 5.06. The molecule has 0 radical (unpaired) electrons. The molecule has 0 bridgehead atoms. The van der Waals surface area contributed by atoms with Gasteiger partial charge in [0.05, 0.1) is 0 Å². The van der Waals surface area contributed by atoms with Gasteiger partial charge in [-0.3, -0.25) is 0 Å². The van der Waals surface area contributed by atoms with Gasteiger partial charge in [0, 0.05) is 10.9 Å². The second-order valence-corrected chi connectivity index (χ2v) is 4.69. The van der Waals surface area contributed by atoms with E-state index in [1.165, 1.54) is 37.0 Å². The number of hydrogen-bond donors (Lipinski definition) is 1. The summed E-state index contributed by atoms with van der Waals surface area (Å²) in [6, 6.07) is 4.72. The molecule has 0 saturated carbocycles. The normalized spacial score (nSPS) is 13.1. The molecule has 0 fully saturated rings. The van der Waals surface area contributed by atoms with Crippen LogP contribution in [0.2, 0.25) is 0 Å². The van der Waals surface area contributed by atoms with E-state index in [-0.39, 0.29) is 0 Å². The van der Waals surface area contributed by atoms with Crippen LogP contribution >= 0.6 is 11.3 Å². The van der Waals surface area contributed by atoms with Crippen molar-refractivity contribution in [1.29, 1.82) is 0 Å². The van der Waals surface area contributed by atoms with Crippen LogP contribution in [0.3, 0.4) is 0 Å². The van der Waals surface area contributed by atoms with Crippen molar-refractivity contribution in [3.05, 3.63) is 22.4 Å². The maximum atomic E-state index is 5.67. The van der Waals surface area contributed by atoms with Crippen molar-refractivity contribution in [2.75, 3.05) is 0 Å². The quantitative estimate of drug-likeness (QED) is 0.696. The van der Waals surface area contributed by atoms with Crippen molar-refractivity contribution >= 4 is 11.3 Å². The molecule has 1 atom stereocenters. The minimum atomic E-state index is 0.377. The van der Waals surface area contributed by atoms with Crippen LogP contribution in [0.5, 0.6) is 0 Å². The summed E-state index contributed by atoms with van der Waals surface area (Å²) in [5.41, 5.74) is 5.67. The first kappa shape index (κ1) is 10.7. The Morgan fingerprint density at radius 3 is 2.85 bits per heavy atom. The SMILES string of the molecule is CC(N)CCCCCc1cccs1. The molecule has 1 rings (SSSR count). The van der Waals surface area contributed by atoms with Gasteiger partial charge in [0.1, 0.15) is 0 Å². The third-order valence-corrected chi connectivity index (χ3v) is 3.10. The lowest BCUT2D eigenvalue weighted by molar-refractivity contribution is 0.580. The lowest BCUT2D eigenvalue weighted by Crippen LogP contribution is -2.13. The van der Waals surface area contributed by atoms with E-state index >= 15 is 0 Å². The Kier molecular flexibility index (Phi) is 5.09. The molecular formula is C11H19NS. The summed E-state index contributed by atoms with van der Waals surface area (Å²) in [5, 5.41) is 2.15. The van der Waals surface area contributed by atoms with E-state index in [0.717, 1.165) is 0 Å². The van der Waals surface area contributed by atoms with E-state index in [0.29, 0.717) is 6.04 Å². The van der Waals surface area contributed by atoms with Crippen molar-refractivity contribution in [3.63, 3.8) is 0 Å². The molecule has 0 aliphatic rings. The molecule has 1 aromatic heterocycles. The van der Waals surface area contributed by atoms with Gasteiger partial charge in [0.15, 0.2) is 0 Å². The zero-order valence-corrected chi connectivity index (χ0v) is 9.15. The maximum absolute atomic E-state index is 5.67. The Morgan fingerprint density at radius 2 is 2.23 bits per heavy atom. The van der Waals surface area contributed by atoms with Gasteiger partial charge in [0.25, 0.3) is 0 Å². The van der Waals surface area contributed by atoms with Crippen molar-refractivity contribution in [2.24, 2.45) is 5.73 Å². The van der Waals surface area contributed by atoms with E-state index in [9.17, 15) is 0 Å². The monoisotopic (exact) mass is 197 g/mol. The molecule has 0 aromatic carbocycles. The fourth-order valence-electron chi connectivity index (χ4n) is 1.40. The van der Waals surface area contributed by atoms with Gasteiger partial charge in [0.2, 0.25) is 0 Å². The molecule has 2 heteroatoms. The van der Waals surface area contributed by atoms with E-state index in [4.69, 9.17) is 5.73 Å². The highest BCUT2D eigenvalue weighted by Gasteiger charge is 1.96. The Hall–Kier alpha value is -0.340. The Labute approximate surface area is 85.0 Å². The molecule has 0 aliphatic heterocycles. The van der Waals surface area contributed by atoms with Crippen LogP contribution in [-0.2, 0) is 6.42 Å². The first-order valence-corrected chi connectivity index (χ1v) is 5.95. The van der Waals surface area contributed by atoms with E-state index in [1.54, 1.807) is 0 Å². The van der Waals surface area contributed by atoms with Gasteiger partial charge in [-0.05, 0) is 37.6 Å². The summed E-state index contributed by atoms with van der Waals surface area (Å²) in [7, 11) is 0. The van der Waals surface area contributed by atoms with Crippen LogP contribution in [0.25, 0.3) is 0 Å². The average molecular weight is 197 g/mol. The minimum Gasteiger partial charge on any atom is -0.328 e. The van der Waals surface area contributed by atoms with Gasteiger partial charge in [-0.1, -0.05) is 18.9 Å². The molecular weight excluding hydrogens is 178 g/mol. The number of aryl methyl sites for hydroxylation is 1. The molecule has 74 valence electrons. The van der Waals surface area contributed by atoms with Crippen molar-refractivity contribution in [2.45, 2.75) is 45.1 Å². The van der Waals surface area contributed by atoms with Crippen LogP contribution < -0.4 is 5.73 Å². The molecule has 13 heavy (non-hydrogen) atoms. The second kappa shape index (κ2) is 6.17. The van der Waals surface area contributed by atoms with Crippen LogP contribution in [-0.4, -0.2) is 6.04 Å². The predicted octanol–water partition coefficient (Wildman–Crippen LogP) is 3.20. The highest BCUT2D eigenvalue weighted by Crippen LogP contribution is 2.13. The van der Waals surface area contributed by atoms with Gasteiger partial charge < -0.3 is 5.73 Å². The summed E-state index contributed by atoms with van der Waals surface area (Å²) in [5.74, 6) is 0. The number of hydrogen-bond acceptors (Lipinski definition) is 2. The molecule has 1 nitrogen and oxygen atoms in total. The molecule has 0 saturated heterocycles. The number of nitrogens with two attached hydrogens (primary N) is 1. The molecule has 1 aromatic rings. The number of thiophene rings is 1. The highest BCUT2D eigenvalue weighted by molar-refractivity contribution is 7.09. The van der Waals surface area contributed by atoms with Gasteiger partial charge in [-0.2, -0.15) is 0 Å². The number of rotatable bonds is 6. The van der Waals surface area contributed by atoms with E-state index in [1.807, 2.05) is 11.3 Å². The van der Waals surface area contributed by atoms with Gasteiger partial charge in [-0.25, -0.2) is 0 Å². The second-order valence-electron chi connectivity index (χ2n) is 3.66. The summed E-state index contributed by atoms with van der Waals surface area (Å²) in [4.78, 5) is 1.51. The third-order valence-electron chi connectivity index (χ3n) is 2.16. The van der Waals surface area contributed by atoms with Crippen LogP contribution in [0.4, 0.5) is 0 Å². The molecule has 1 unspecified atom stereocenters. The molecule has 0 spiro atoms. The average Bonchev–Trinajstić information content (AvgIpc) is 2.55. The standard InChI is InChI=1S/C11H19NS/c1-10(12)6-3-2-4-7-11-8-5-9-13-11/h5,8-10H,2-4,6-7,12H2,1H3. The van der Waals surface area contributed by atoms with Crippen LogP contribution in [0, 0.1) is 0 Å². The van der Waals surface area contributed by atoms with Crippen molar-refractivity contribution < 1.29 is 0 Å². The van der Waals surface area contributed by atoms with Gasteiger partial charge >= 0.3 is 0 Å². The van der Waals surface area contributed by atoms with Crippen molar-refractivity contribution in [1.82, 2.24) is 0 Å². The summed E-state index contributed by atoms with van der Waals surface area (Å²) in [6.07, 6.45) is 6.33. The van der Waals surface area contributed by atoms with E-state index < -0.39 is 0 Å². The van der Waals surface area contributed by atoms with Crippen molar-refractivity contribution in [3.8, 4) is 0 Å². The smallest absolute Gasteiger partial charge is 0.00452 e.